The Balaban J connectivity index is 2.31. The summed E-state index contributed by atoms with van der Waals surface area (Å²) in [6, 6.07) is 7.95. The third-order valence-electron chi connectivity index (χ3n) is 3.63. The molecule has 0 saturated heterocycles. The molecule has 114 valence electrons. The van der Waals surface area contributed by atoms with Gasteiger partial charge in [0.1, 0.15) is 9.84 Å². The molecule has 1 heterocycles. The molecule has 0 aliphatic heterocycles. The molecule has 2 aromatic rings. The summed E-state index contributed by atoms with van der Waals surface area (Å²) >= 11 is 0. The molecule has 1 aromatic heterocycles. The highest BCUT2D eigenvalue weighted by atomic mass is 32.2. The predicted octanol–water partition coefficient (Wildman–Crippen LogP) is 1.21. The molecule has 5 nitrogen and oxygen atoms in total. The smallest absolute Gasteiger partial charge is 0.148 e. The van der Waals surface area contributed by atoms with E-state index in [-0.39, 0.29) is 11.8 Å². The first-order valence-corrected chi connectivity index (χ1v) is 8.89. The fourth-order valence-electron chi connectivity index (χ4n) is 2.42. The summed E-state index contributed by atoms with van der Waals surface area (Å²) in [7, 11) is -1.09. The minimum atomic E-state index is -2.98. The van der Waals surface area contributed by atoms with E-state index in [2.05, 4.69) is 4.98 Å². The summed E-state index contributed by atoms with van der Waals surface area (Å²) in [6.45, 7) is 0.861. The van der Waals surface area contributed by atoms with Gasteiger partial charge >= 0.3 is 0 Å². The standard InChI is InChI=1S/C15H21N3O2S/c1-18(7-8-21(2,19)20)15(9-16)14-11-17-10-12-5-3-4-6-13(12)14/h3-6,10-11,15H,7-9,16H2,1-2H3. The van der Waals surface area contributed by atoms with Crippen LogP contribution in [-0.4, -0.2) is 50.4 Å². The van der Waals surface area contributed by atoms with Crippen LogP contribution in [0.3, 0.4) is 0 Å². The van der Waals surface area contributed by atoms with Crippen molar-refractivity contribution in [2.75, 3.05) is 32.1 Å². The molecule has 1 aromatic carbocycles. The van der Waals surface area contributed by atoms with Crippen molar-refractivity contribution in [1.29, 1.82) is 0 Å². The third kappa shape index (κ3) is 4.00. The van der Waals surface area contributed by atoms with E-state index in [1.165, 1.54) is 6.26 Å². The molecular formula is C15H21N3O2S. The number of hydrogen-bond donors (Lipinski definition) is 1. The zero-order valence-electron chi connectivity index (χ0n) is 12.4. The molecule has 2 N–H and O–H groups in total. The van der Waals surface area contributed by atoms with Crippen LogP contribution in [0.15, 0.2) is 36.7 Å². The first-order valence-electron chi connectivity index (χ1n) is 6.83. The van der Waals surface area contributed by atoms with Gasteiger partial charge < -0.3 is 5.73 Å². The Bertz CT molecular complexity index is 710. The van der Waals surface area contributed by atoms with Crippen molar-refractivity contribution in [2.24, 2.45) is 5.73 Å². The van der Waals surface area contributed by atoms with Gasteiger partial charge in [0.25, 0.3) is 0 Å². The number of sulfone groups is 1. The highest BCUT2D eigenvalue weighted by Crippen LogP contribution is 2.25. The van der Waals surface area contributed by atoms with E-state index in [0.29, 0.717) is 13.1 Å². The van der Waals surface area contributed by atoms with Crippen LogP contribution in [0.5, 0.6) is 0 Å². The Morgan fingerprint density at radius 1 is 1.29 bits per heavy atom. The number of likely N-dealkylation sites (N-methyl/N-ethyl adjacent to an activating group) is 1. The Labute approximate surface area is 125 Å². The van der Waals surface area contributed by atoms with Gasteiger partial charge in [0, 0.05) is 43.2 Å². The molecule has 1 unspecified atom stereocenters. The lowest BCUT2D eigenvalue weighted by atomic mass is 10.0. The van der Waals surface area contributed by atoms with Crippen LogP contribution in [-0.2, 0) is 9.84 Å². The zero-order valence-corrected chi connectivity index (χ0v) is 13.2. The maximum atomic E-state index is 11.3. The van der Waals surface area contributed by atoms with Crippen molar-refractivity contribution in [1.82, 2.24) is 9.88 Å². The first kappa shape index (κ1) is 15.9. The number of aromatic nitrogens is 1. The molecule has 0 aliphatic carbocycles. The van der Waals surface area contributed by atoms with Gasteiger partial charge in [-0.3, -0.25) is 9.88 Å². The molecule has 0 fully saturated rings. The van der Waals surface area contributed by atoms with Crippen molar-refractivity contribution in [3.05, 3.63) is 42.2 Å². The highest BCUT2D eigenvalue weighted by molar-refractivity contribution is 7.90. The number of fused-ring (bicyclic) bond motifs is 1. The number of nitrogens with zero attached hydrogens (tertiary/aromatic N) is 2. The molecule has 6 heteroatoms. The van der Waals surface area contributed by atoms with Crippen LogP contribution in [0.2, 0.25) is 0 Å². The van der Waals surface area contributed by atoms with Crippen LogP contribution in [0, 0.1) is 0 Å². The van der Waals surface area contributed by atoms with Crippen LogP contribution in [0.25, 0.3) is 10.8 Å². The third-order valence-corrected chi connectivity index (χ3v) is 4.55. The van der Waals surface area contributed by atoms with Gasteiger partial charge in [-0.1, -0.05) is 24.3 Å². The molecule has 0 bridgehead atoms. The maximum Gasteiger partial charge on any atom is 0.148 e. The van der Waals surface area contributed by atoms with Gasteiger partial charge in [0.05, 0.1) is 5.75 Å². The minimum Gasteiger partial charge on any atom is -0.329 e. The summed E-state index contributed by atoms with van der Waals surface area (Å²) in [6.07, 6.45) is 4.89. The van der Waals surface area contributed by atoms with Gasteiger partial charge in [0.2, 0.25) is 0 Å². The molecule has 0 amide bonds. The summed E-state index contributed by atoms with van der Waals surface area (Å²) in [5.74, 6) is 0.123. The van der Waals surface area contributed by atoms with Crippen LogP contribution in [0.1, 0.15) is 11.6 Å². The number of pyridine rings is 1. The van der Waals surface area contributed by atoms with Crippen LogP contribution >= 0.6 is 0 Å². The normalized spacial score (nSPS) is 13.7. The molecule has 0 aliphatic rings. The van der Waals surface area contributed by atoms with Crippen LogP contribution in [0.4, 0.5) is 0 Å². The van der Waals surface area contributed by atoms with E-state index in [0.717, 1.165) is 16.3 Å². The monoisotopic (exact) mass is 307 g/mol. The fourth-order valence-corrected chi connectivity index (χ4v) is 3.04. The number of hydrogen-bond acceptors (Lipinski definition) is 5. The zero-order chi connectivity index (χ0) is 15.5. The van der Waals surface area contributed by atoms with E-state index in [1.54, 1.807) is 0 Å². The maximum absolute atomic E-state index is 11.3. The first-order chi connectivity index (χ1) is 9.92. The molecule has 0 spiro atoms. The SMILES string of the molecule is CN(CCS(C)(=O)=O)C(CN)c1cncc2ccccc12. The number of rotatable bonds is 6. The lowest BCUT2D eigenvalue weighted by Crippen LogP contribution is -2.34. The Morgan fingerprint density at radius 3 is 2.67 bits per heavy atom. The Morgan fingerprint density at radius 2 is 2.00 bits per heavy atom. The number of benzene rings is 1. The summed E-state index contributed by atoms with van der Waals surface area (Å²) in [4.78, 5) is 6.25. The van der Waals surface area contributed by atoms with Gasteiger partial charge in [-0.2, -0.15) is 0 Å². The second kappa shape index (κ2) is 6.51. The Hall–Kier alpha value is -1.50. The predicted molar refractivity (Wildman–Crippen MR) is 85.9 cm³/mol. The topological polar surface area (TPSA) is 76.3 Å². The van der Waals surface area contributed by atoms with Gasteiger partial charge in [0.15, 0.2) is 0 Å². The molecule has 21 heavy (non-hydrogen) atoms. The van der Waals surface area contributed by atoms with E-state index in [9.17, 15) is 8.42 Å². The lowest BCUT2D eigenvalue weighted by Gasteiger charge is -2.27. The van der Waals surface area contributed by atoms with Crippen molar-refractivity contribution >= 4 is 20.6 Å². The molecule has 0 saturated carbocycles. The molecule has 0 radical (unpaired) electrons. The van der Waals surface area contributed by atoms with E-state index in [4.69, 9.17) is 5.73 Å². The van der Waals surface area contributed by atoms with Gasteiger partial charge in [-0.15, -0.1) is 0 Å². The quantitative estimate of drug-likeness (QED) is 0.868. The largest absolute Gasteiger partial charge is 0.329 e. The van der Waals surface area contributed by atoms with Gasteiger partial charge in [-0.25, -0.2) is 8.42 Å². The summed E-state index contributed by atoms with van der Waals surface area (Å²) < 4.78 is 22.7. The number of nitrogens with two attached hydrogens (primary N) is 1. The molecule has 1 atom stereocenters. The van der Waals surface area contributed by atoms with Crippen molar-refractivity contribution < 1.29 is 8.42 Å². The summed E-state index contributed by atoms with van der Waals surface area (Å²) in [5.41, 5.74) is 6.95. The lowest BCUT2D eigenvalue weighted by molar-refractivity contribution is 0.265. The second-order valence-corrected chi connectivity index (χ2v) is 7.57. The van der Waals surface area contributed by atoms with Crippen molar-refractivity contribution in [3.8, 4) is 0 Å². The van der Waals surface area contributed by atoms with Gasteiger partial charge in [-0.05, 0) is 18.0 Å². The highest BCUT2D eigenvalue weighted by Gasteiger charge is 2.19. The average molecular weight is 307 g/mol. The molecule has 2 rings (SSSR count). The summed E-state index contributed by atoms with van der Waals surface area (Å²) in [5, 5.41) is 2.17. The van der Waals surface area contributed by atoms with Crippen molar-refractivity contribution in [2.45, 2.75) is 6.04 Å². The second-order valence-electron chi connectivity index (χ2n) is 5.31. The minimum absolute atomic E-state index is 0.0506. The average Bonchev–Trinajstić information content (AvgIpc) is 2.45. The Kier molecular flexibility index (Phi) is 4.92. The van der Waals surface area contributed by atoms with Crippen LogP contribution < -0.4 is 5.73 Å². The van der Waals surface area contributed by atoms with Crippen molar-refractivity contribution in [3.63, 3.8) is 0 Å². The van der Waals surface area contributed by atoms with E-state index >= 15 is 0 Å². The fraction of sp³-hybridized carbons (Fsp3) is 0.400. The molecular weight excluding hydrogens is 286 g/mol. The van der Waals surface area contributed by atoms with E-state index < -0.39 is 9.84 Å². The van der Waals surface area contributed by atoms with E-state index in [1.807, 2.05) is 48.6 Å².